The van der Waals surface area contributed by atoms with Crippen molar-refractivity contribution in [1.82, 2.24) is 10.6 Å². The van der Waals surface area contributed by atoms with Crippen molar-refractivity contribution in [1.29, 1.82) is 0 Å². The zero-order chi connectivity index (χ0) is 19.2. The highest BCUT2D eigenvalue weighted by Gasteiger charge is 2.17. The summed E-state index contributed by atoms with van der Waals surface area (Å²) in [5.41, 5.74) is 3.76. The Morgan fingerprint density at radius 1 is 0.926 bits per heavy atom. The minimum atomic E-state index is -0.254. The maximum absolute atomic E-state index is 12.5. The average molecular weight is 361 g/mol. The predicted molar refractivity (Wildman–Crippen MR) is 113 cm³/mol. The fourth-order valence-corrected chi connectivity index (χ4v) is 3.53. The van der Waals surface area contributed by atoms with Crippen molar-refractivity contribution >= 4 is 16.7 Å². The number of rotatable bonds is 7. The van der Waals surface area contributed by atoms with Crippen molar-refractivity contribution < 1.29 is 4.79 Å². The van der Waals surface area contributed by atoms with Crippen molar-refractivity contribution in [2.24, 2.45) is 0 Å². The fourth-order valence-electron chi connectivity index (χ4n) is 3.53. The molecule has 3 aromatic rings. The van der Waals surface area contributed by atoms with E-state index in [1.165, 1.54) is 27.5 Å². The SMILES string of the molecule is Cc1ccccc1CCNC(=O)C(C)NC(C)c1cccc2ccccc12. The van der Waals surface area contributed by atoms with Gasteiger partial charge in [0.2, 0.25) is 5.91 Å². The van der Waals surface area contributed by atoms with Gasteiger partial charge in [0.05, 0.1) is 6.04 Å². The molecule has 3 aromatic carbocycles. The highest BCUT2D eigenvalue weighted by atomic mass is 16.2. The Morgan fingerprint density at radius 3 is 2.44 bits per heavy atom. The van der Waals surface area contributed by atoms with Gasteiger partial charge in [-0.05, 0) is 54.7 Å². The number of hydrogen-bond acceptors (Lipinski definition) is 2. The van der Waals surface area contributed by atoms with Crippen molar-refractivity contribution in [2.45, 2.75) is 39.3 Å². The third-order valence-electron chi connectivity index (χ3n) is 5.14. The lowest BCUT2D eigenvalue weighted by Crippen LogP contribution is -2.43. The number of benzene rings is 3. The molecular formula is C24H28N2O. The van der Waals surface area contributed by atoms with E-state index in [1.807, 2.05) is 19.1 Å². The van der Waals surface area contributed by atoms with Gasteiger partial charge in [-0.2, -0.15) is 0 Å². The molecule has 0 aliphatic carbocycles. The van der Waals surface area contributed by atoms with E-state index < -0.39 is 0 Å². The van der Waals surface area contributed by atoms with Gasteiger partial charge in [0.1, 0.15) is 0 Å². The van der Waals surface area contributed by atoms with E-state index in [4.69, 9.17) is 0 Å². The summed E-state index contributed by atoms with van der Waals surface area (Å²) in [6, 6.07) is 22.8. The first-order chi connectivity index (χ1) is 13.1. The molecule has 0 saturated heterocycles. The maximum atomic E-state index is 12.5. The molecule has 3 heteroatoms. The molecule has 1 amide bonds. The van der Waals surface area contributed by atoms with Crippen LogP contribution in [0.2, 0.25) is 0 Å². The molecular weight excluding hydrogens is 332 g/mol. The normalized spacial score (nSPS) is 13.3. The first-order valence-corrected chi connectivity index (χ1v) is 9.62. The number of aryl methyl sites for hydroxylation is 1. The van der Waals surface area contributed by atoms with Gasteiger partial charge in [0.25, 0.3) is 0 Å². The highest BCUT2D eigenvalue weighted by Crippen LogP contribution is 2.24. The summed E-state index contributed by atoms with van der Waals surface area (Å²) in [5.74, 6) is 0.0377. The summed E-state index contributed by atoms with van der Waals surface area (Å²) in [6.45, 7) is 6.79. The molecule has 0 radical (unpaired) electrons. The highest BCUT2D eigenvalue weighted by molar-refractivity contribution is 5.86. The van der Waals surface area contributed by atoms with Crippen LogP contribution in [0.4, 0.5) is 0 Å². The standard InChI is InChI=1S/C24H28N2O/c1-17-9-4-5-10-20(17)15-16-25-24(27)19(3)26-18(2)22-14-8-12-21-11-6-7-13-23(21)22/h4-14,18-19,26H,15-16H2,1-3H3,(H,25,27). The Kier molecular flexibility index (Phi) is 6.25. The van der Waals surface area contributed by atoms with E-state index >= 15 is 0 Å². The first-order valence-electron chi connectivity index (χ1n) is 9.62. The van der Waals surface area contributed by atoms with E-state index in [0.29, 0.717) is 6.54 Å². The fraction of sp³-hybridized carbons (Fsp3) is 0.292. The number of carbonyl (C=O) groups excluding carboxylic acids is 1. The Balaban J connectivity index is 1.56. The van der Waals surface area contributed by atoms with Crippen LogP contribution in [0, 0.1) is 6.92 Å². The summed E-state index contributed by atoms with van der Waals surface area (Å²) in [7, 11) is 0. The monoisotopic (exact) mass is 360 g/mol. The van der Waals surface area contributed by atoms with Crippen LogP contribution < -0.4 is 10.6 Å². The summed E-state index contributed by atoms with van der Waals surface area (Å²) < 4.78 is 0. The third-order valence-corrected chi connectivity index (χ3v) is 5.14. The molecule has 2 N–H and O–H groups in total. The van der Waals surface area contributed by atoms with Crippen molar-refractivity contribution in [3.8, 4) is 0 Å². The van der Waals surface area contributed by atoms with Crippen LogP contribution in [0.1, 0.15) is 36.6 Å². The topological polar surface area (TPSA) is 41.1 Å². The van der Waals surface area contributed by atoms with Gasteiger partial charge in [-0.1, -0.05) is 66.7 Å². The van der Waals surface area contributed by atoms with E-state index in [1.54, 1.807) is 0 Å². The molecule has 0 saturated carbocycles. The molecule has 2 atom stereocenters. The van der Waals surface area contributed by atoms with Crippen molar-refractivity contribution in [2.75, 3.05) is 6.54 Å². The van der Waals surface area contributed by atoms with Crippen LogP contribution in [0.5, 0.6) is 0 Å². The van der Waals surface area contributed by atoms with Crippen LogP contribution in [-0.2, 0) is 11.2 Å². The van der Waals surface area contributed by atoms with E-state index in [2.05, 4.69) is 79.1 Å². The lowest BCUT2D eigenvalue weighted by atomic mass is 9.99. The predicted octanol–water partition coefficient (Wildman–Crippen LogP) is 4.55. The molecule has 0 fully saturated rings. The molecule has 27 heavy (non-hydrogen) atoms. The molecule has 0 bridgehead atoms. The lowest BCUT2D eigenvalue weighted by Gasteiger charge is -2.21. The van der Waals surface area contributed by atoms with Crippen LogP contribution in [-0.4, -0.2) is 18.5 Å². The van der Waals surface area contributed by atoms with Gasteiger partial charge in [0.15, 0.2) is 0 Å². The summed E-state index contributed by atoms with van der Waals surface area (Å²) in [4.78, 5) is 12.5. The molecule has 140 valence electrons. The Bertz CT molecular complexity index is 914. The zero-order valence-electron chi connectivity index (χ0n) is 16.3. The van der Waals surface area contributed by atoms with Crippen LogP contribution in [0.25, 0.3) is 10.8 Å². The number of hydrogen-bond donors (Lipinski definition) is 2. The van der Waals surface area contributed by atoms with Gasteiger partial charge in [-0.3, -0.25) is 10.1 Å². The maximum Gasteiger partial charge on any atom is 0.236 e. The van der Waals surface area contributed by atoms with Gasteiger partial charge >= 0.3 is 0 Å². The van der Waals surface area contributed by atoms with Crippen LogP contribution >= 0.6 is 0 Å². The molecule has 3 nitrogen and oxygen atoms in total. The van der Waals surface area contributed by atoms with Crippen LogP contribution in [0.15, 0.2) is 66.7 Å². The Hall–Kier alpha value is -2.65. The minimum Gasteiger partial charge on any atom is -0.354 e. The first kappa shape index (κ1) is 19.1. The molecule has 0 heterocycles. The van der Waals surface area contributed by atoms with Crippen molar-refractivity contribution in [3.63, 3.8) is 0 Å². The molecule has 0 aromatic heterocycles. The lowest BCUT2D eigenvalue weighted by molar-refractivity contribution is -0.122. The second kappa shape index (κ2) is 8.83. The summed E-state index contributed by atoms with van der Waals surface area (Å²) in [5, 5.41) is 8.94. The average Bonchev–Trinajstić information content (AvgIpc) is 2.68. The largest absolute Gasteiger partial charge is 0.354 e. The second-order valence-corrected chi connectivity index (χ2v) is 7.15. The quantitative estimate of drug-likeness (QED) is 0.649. The minimum absolute atomic E-state index is 0.0377. The molecule has 3 rings (SSSR count). The Morgan fingerprint density at radius 2 is 1.63 bits per heavy atom. The number of fused-ring (bicyclic) bond motifs is 1. The van der Waals surface area contributed by atoms with E-state index in [-0.39, 0.29) is 18.0 Å². The molecule has 2 unspecified atom stereocenters. The van der Waals surface area contributed by atoms with Gasteiger partial charge in [0, 0.05) is 12.6 Å². The number of amides is 1. The third kappa shape index (κ3) is 4.75. The summed E-state index contributed by atoms with van der Waals surface area (Å²) >= 11 is 0. The van der Waals surface area contributed by atoms with Gasteiger partial charge in [-0.15, -0.1) is 0 Å². The molecule has 0 aliphatic rings. The zero-order valence-corrected chi connectivity index (χ0v) is 16.3. The van der Waals surface area contributed by atoms with Gasteiger partial charge in [-0.25, -0.2) is 0 Å². The second-order valence-electron chi connectivity index (χ2n) is 7.15. The van der Waals surface area contributed by atoms with Crippen LogP contribution in [0.3, 0.4) is 0 Å². The van der Waals surface area contributed by atoms with Crippen molar-refractivity contribution in [3.05, 3.63) is 83.4 Å². The van der Waals surface area contributed by atoms with E-state index in [0.717, 1.165) is 6.42 Å². The molecule has 0 spiro atoms. The Labute approximate surface area is 161 Å². The summed E-state index contributed by atoms with van der Waals surface area (Å²) in [6.07, 6.45) is 0.851. The number of nitrogens with one attached hydrogen (secondary N) is 2. The van der Waals surface area contributed by atoms with E-state index in [9.17, 15) is 4.79 Å². The van der Waals surface area contributed by atoms with Gasteiger partial charge < -0.3 is 5.32 Å². The smallest absolute Gasteiger partial charge is 0.236 e. The molecule has 0 aliphatic heterocycles. The number of carbonyl (C=O) groups is 1.